The lowest BCUT2D eigenvalue weighted by Gasteiger charge is -2.32. The maximum Gasteiger partial charge on any atom is 0.230 e. The van der Waals surface area contributed by atoms with Crippen molar-refractivity contribution in [3.8, 4) is 0 Å². The van der Waals surface area contributed by atoms with Gasteiger partial charge in [-0.3, -0.25) is 4.79 Å². The van der Waals surface area contributed by atoms with Gasteiger partial charge >= 0.3 is 0 Å². The van der Waals surface area contributed by atoms with Crippen molar-refractivity contribution in [1.82, 2.24) is 5.32 Å². The van der Waals surface area contributed by atoms with Crippen LogP contribution in [0.5, 0.6) is 0 Å². The predicted molar refractivity (Wildman–Crippen MR) is 139 cm³/mol. The Hall–Kier alpha value is -1.33. The van der Waals surface area contributed by atoms with E-state index in [-0.39, 0.29) is 16.7 Å². The Balaban J connectivity index is 1.66. The van der Waals surface area contributed by atoms with Crippen LogP contribution in [0.3, 0.4) is 0 Å². The fourth-order valence-electron chi connectivity index (χ4n) is 3.93. The minimum absolute atomic E-state index is 0.0884. The van der Waals surface area contributed by atoms with E-state index in [4.69, 9.17) is 4.42 Å². The molecule has 0 bridgehead atoms. The van der Waals surface area contributed by atoms with Crippen LogP contribution in [0, 0.1) is 0 Å². The fraction of sp³-hybridized carbons (Fsp3) is 0.593. The lowest BCUT2D eigenvalue weighted by atomic mass is 9.81. The highest BCUT2D eigenvalue weighted by Crippen LogP contribution is 2.42. The SMILES string of the molecule is CC(C)(C)c1cc(SC2CCCCC2SCC(=O)NCc2ccco2)cc(C(C)(C)C)c1. The first-order valence-corrected chi connectivity index (χ1v) is 13.7. The molecule has 3 nitrogen and oxygen atoms in total. The molecule has 0 radical (unpaired) electrons. The normalized spacial score (nSPS) is 19.7. The molecule has 5 heteroatoms. The summed E-state index contributed by atoms with van der Waals surface area (Å²) in [6, 6.07) is 10.9. The van der Waals surface area contributed by atoms with Crippen molar-refractivity contribution in [2.75, 3.05) is 5.75 Å². The number of thioether (sulfide) groups is 2. The van der Waals surface area contributed by atoms with Gasteiger partial charge in [0.05, 0.1) is 18.6 Å². The molecule has 2 aromatic rings. The van der Waals surface area contributed by atoms with Crippen LogP contribution >= 0.6 is 23.5 Å². The van der Waals surface area contributed by atoms with Gasteiger partial charge in [0.2, 0.25) is 5.91 Å². The number of benzene rings is 1. The van der Waals surface area contributed by atoms with E-state index in [0.29, 0.717) is 22.8 Å². The summed E-state index contributed by atoms with van der Waals surface area (Å²) in [4.78, 5) is 13.8. The molecule has 2 atom stereocenters. The molecule has 1 aromatic heterocycles. The summed E-state index contributed by atoms with van der Waals surface area (Å²) in [5.41, 5.74) is 3.07. The molecule has 2 unspecified atom stereocenters. The van der Waals surface area contributed by atoms with E-state index < -0.39 is 0 Å². The van der Waals surface area contributed by atoms with Crippen LogP contribution in [0.2, 0.25) is 0 Å². The summed E-state index contributed by atoms with van der Waals surface area (Å²) in [7, 11) is 0. The molecule has 1 N–H and O–H groups in total. The molecule has 1 aliphatic carbocycles. The maximum atomic E-state index is 12.4. The number of carbonyl (C=O) groups excluding carboxylic acids is 1. The van der Waals surface area contributed by atoms with E-state index >= 15 is 0 Å². The van der Waals surface area contributed by atoms with Crippen molar-refractivity contribution in [2.24, 2.45) is 0 Å². The summed E-state index contributed by atoms with van der Waals surface area (Å²) in [6.07, 6.45) is 6.60. The number of hydrogen-bond acceptors (Lipinski definition) is 4. The van der Waals surface area contributed by atoms with Crippen molar-refractivity contribution >= 4 is 29.4 Å². The topological polar surface area (TPSA) is 42.2 Å². The van der Waals surface area contributed by atoms with Crippen LogP contribution < -0.4 is 5.32 Å². The van der Waals surface area contributed by atoms with Crippen molar-refractivity contribution in [3.63, 3.8) is 0 Å². The first-order chi connectivity index (χ1) is 15.0. The summed E-state index contributed by atoms with van der Waals surface area (Å²) >= 11 is 3.85. The molecule has 32 heavy (non-hydrogen) atoms. The van der Waals surface area contributed by atoms with Gasteiger partial charge in [-0.15, -0.1) is 23.5 Å². The van der Waals surface area contributed by atoms with E-state index in [1.54, 1.807) is 6.26 Å². The number of carbonyl (C=O) groups is 1. The third-order valence-electron chi connectivity index (χ3n) is 6.04. The fourth-order valence-corrected chi connectivity index (χ4v) is 6.79. The van der Waals surface area contributed by atoms with Gasteiger partial charge < -0.3 is 9.73 Å². The van der Waals surface area contributed by atoms with Crippen molar-refractivity contribution < 1.29 is 9.21 Å². The minimum Gasteiger partial charge on any atom is -0.467 e. The Morgan fingerprint density at radius 3 is 2.19 bits per heavy atom. The zero-order chi connectivity index (χ0) is 23.4. The van der Waals surface area contributed by atoms with Gasteiger partial charge in [-0.1, -0.05) is 60.5 Å². The van der Waals surface area contributed by atoms with Gasteiger partial charge in [0.25, 0.3) is 0 Å². The molecule has 1 heterocycles. The van der Waals surface area contributed by atoms with E-state index in [1.807, 2.05) is 35.7 Å². The monoisotopic (exact) mass is 473 g/mol. The molecule has 0 aliphatic heterocycles. The lowest BCUT2D eigenvalue weighted by molar-refractivity contribution is -0.118. The first kappa shape index (κ1) is 25.3. The van der Waals surface area contributed by atoms with Crippen LogP contribution in [0.25, 0.3) is 0 Å². The van der Waals surface area contributed by atoms with Gasteiger partial charge in [-0.25, -0.2) is 0 Å². The van der Waals surface area contributed by atoms with Crippen LogP contribution in [0.15, 0.2) is 45.9 Å². The molecular weight excluding hydrogens is 434 g/mol. The summed E-state index contributed by atoms with van der Waals surface area (Å²) in [5.74, 6) is 1.39. The van der Waals surface area contributed by atoms with Crippen molar-refractivity contribution in [1.29, 1.82) is 0 Å². The summed E-state index contributed by atoms with van der Waals surface area (Å²) in [6.45, 7) is 14.2. The standard InChI is InChI=1S/C27H39NO2S2/c1-26(2,3)19-14-20(27(4,5)6)16-22(15-19)32-24-12-8-7-11-23(24)31-18-25(29)28-17-21-10-9-13-30-21/h9-10,13-16,23-24H,7-8,11-12,17-18H2,1-6H3,(H,28,29). The van der Waals surface area contributed by atoms with E-state index in [0.717, 1.165) is 5.76 Å². The van der Waals surface area contributed by atoms with Gasteiger partial charge in [-0.05, 0) is 59.1 Å². The Kier molecular flexibility index (Phi) is 8.48. The van der Waals surface area contributed by atoms with Gasteiger partial charge in [-0.2, -0.15) is 0 Å². The molecule has 3 rings (SSSR count). The van der Waals surface area contributed by atoms with E-state index in [9.17, 15) is 4.79 Å². The minimum atomic E-state index is 0.0884. The zero-order valence-corrected chi connectivity index (χ0v) is 22.1. The summed E-state index contributed by atoms with van der Waals surface area (Å²) in [5, 5.41) is 4.04. The largest absolute Gasteiger partial charge is 0.467 e. The maximum absolute atomic E-state index is 12.4. The Morgan fingerprint density at radius 2 is 1.62 bits per heavy atom. The van der Waals surface area contributed by atoms with Crippen LogP contribution in [0.4, 0.5) is 0 Å². The highest BCUT2D eigenvalue weighted by Gasteiger charge is 2.28. The molecule has 176 valence electrons. The van der Waals surface area contributed by atoms with E-state index in [1.165, 1.54) is 41.7 Å². The molecule has 1 saturated carbocycles. The summed E-state index contributed by atoms with van der Waals surface area (Å²) < 4.78 is 5.30. The highest BCUT2D eigenvalue weighted by molar-refractivity contribution is 8.04. The van der Waals surface area contributed by atoms with Crippen molar-refractivity contribution in [2.45, 2.75) is 100.0 Å². The molecule has 0 spiro atoms. The second-order valence-electron chi connectivity index (χ2n) is 10.9. The number of furan rings is 1. The number of amides is 1. The molecule has 1 aliphatic rings. The molecular formula is C27H39NO2S2. The van der Waals surface area contributed by atoms with Gasteiger partial charge in [0.15, 0.2) is 0 Å². The van der Waals surface area contributed by atoms with E-state index in [2.05, 4.69) is 65.1 Å². The molecule has 1 amide bonds. The molecule has 1 aromatic carbocycles. The number of hydrogen-bond donors (Lipinski definition) is 1. The lowest BCUT2D eigenvalue weighted by Crippen LogP contribution is -2.29. The third kappa shape index (κ3) is 7.34. The molecule has 0 saturated heterocycles. The first-order valence-electron chi connectivity index (χ1n) is 11.8. The van der Waals surface area contributed by atoms with Crippen LogP contribution in [-0.4, -0.2) is 22.2 Å². The van der Waals surface area contributed by atoms with Gasteiger partial charge in [0.1, 0.15) is 5.76 Å². The second-order valence-corrected chi connectivity index (χ2v) is 13.4. The predicted octanol–water partition coefficient (Wildman–Crippen LogP) is 7.33. The average Bonchev–Trinajstić information content (AvgIpc) is 3.24. The Morgan fingerprint density at radius 1 is 1.00 bits per heavy atom. The van der Waals surface area contributed by atoms with Crippen molar-refractivity contribution in [3.05, 3.63) is 53.5 Å². The third-order valence-corrected chi connectivity index (χ3v) is 9.00. The smallest absolute Gasteiger partial charge is 0.230 e. The Labute approximate surface area is 202 Å². The number of nitrogens with one attached hydrogen (secondary N) is 1. The van der Waals surface area contributed by atoms with Gasteiger partial charge in [0, 0.05) is 15.4 Å². The quantitative estimate of drug-likeness (QED) is 0.457. The molecule has 1 fully saturated rings. The highest BCUT2D eigenvalue weighted by atomic mass is 32.2. The second kappa shape index (κ2) is 10.7. The van der Waals surface area contributed by atoms with Crippen LogP contribution in [0.1, 0.15) is 84.1 Å². The number of rotatable bonds is 7. The zero-order valence-electron chi connectivity index (χ0n) is 20.5. The Bertz CT molecular complexity index is 846. The average molecular weight is 474 g/mol. The van der Waals surface area contributed by atoms with Crippen LogP contribution in [-0.2, 0) is 22.2 Å².